The minimum absolute atomic E-state index is 0.0460. The predicted molar refractivity (Wildman–Crippen MR) is 99.8 cm³/mol. The summed E-state index contributed by atoms with van der Waals surface area (Å²) in [6.07, 6.45) is 4.36. The number of aliphatic imine (C=N–C) groups is 1. The standard InChI is InChI=1S/C21H24N2O3/c1-5-10-26-20(25)17-13(2)23-15-11-21(3,4)12-16(24)18(15)19(17)14-8-6-7-9-22-14/h5-9,17,19H,1,10-12H2,2-4H3/t17?,19-/m0/s1. The number of pyridine rings is 1. The van der Waals surface area contributed by atoms with Gasteiger partial charge < -0.3 is 4.74 Å². The molecule has 0 radical (unpaired) electrons. The molecule has 1 aromatic rings. The van der Waals surface area contributed by atoms with Gasteiger partial charge in [0.2, 0.25) is 0 Å². The highest BCUT2D eigenvalue weighted by Crippen LogP contribution is 2.47. The maximum atomic E-state index is 13.0. The average Bonchev–Trinajstić information content (AvgIpc) is 2.58. The van der Waals surface area contributed by atoms with Crippen LogP contribution >= 0.6 is 0 Å². The summed E-state index contributed by atoms with van der Waals surface area (Å²) in [5.74, 6) is -1.45. The summed E-state index contributed by atoms with van der Waals surface area (Å²) in [7, 11) is 0. The molecular weight excluding hydrogens is 328 g/mol. The van der Waals surface area contributed by atoms with E-state index in [2.05, 4.69) is 30.4 Å². The van der Waals surface area contributed by atoms with E-state index in [1.807, 2.05) is 25.1 Å². The van der Waals surface area contributed by atoms with Gasteiger partial charge in [0.05, 0.1) is 5.92 Å². The molecular formula is C21H24N2O3. The first kappa shape index (κ1) is 18.2. The Kier molecular flexibility index (Phi) is 4.90. The van der Waals surface area contributed by atoms with Crippen molar-refractivity contribution < 1.29 is 14.3 Å². The lowest BCUT2D eigenvalue weighted by atomic mass is 9.67. The number of nitrogens with zero attached hydrogens (tertiary/aromatic N) is 2. The molecule has 2 heterocycles. The second kappa shape index (κ2) is 6.98. The fraction of sp³-hybridized carbons (Fsp3) is 0.429. The molecule has 5 heteroatoms. The second-order valence-corrected chi connectivity index (χ2v) is 7.68. The lowest BCUT2D eigenvalue weighted by molar-refractivity contribution is -0.145. The molecule has 1 unspecified atom stereocenters. The third-order valence-electron chi connectivity index (χ3n) is 4.91. The number of ketones is 1. The zero-order valence-electron chi connectivity index (χ0n) is 15.5. The van der Waals surface area contributed by atoms with Gasteiger partial charge in [-0.3, -0.25) is 19.6 Å². The number of carbonyl (C=O) groups excluding carboxylic acids is 2. The number of carbonyl (C=O) groups is 2. The normalized spacial score (nSPS) is 24.6. The second-order valence-electron chi connectivity index (χ2n) is 7.68. The number of hydrogen-bond acceptors (Lipinski definition) is 5. The van der Waals surface area contributed by atoms with Gasteiger partial charge in [0, 0.05) is 35.3 Å². The smallest absolute Gasteiger partial charge is 0.316 e. The van der Waals surface area contributed by atoms with Crippen molar-refractivity contribution in [2.75, 3.05) is 6.61 Å². The van der Waals surface area contributed by atoms with E-state index in [0.29, 0.717) is 29.8 Å². The van der Waals surface area contributed by atoms with E-state index in [9.17, 15) is 9.59 Å². The quantitative estimate of drug-likeness (QED) is 0.613. The number of ether oxygens (including phenoxy) is 1. The molecule has 0 amide bonds. The van der Waals surface area contributed by atoms with Crippen LogP contribution in [-0.4, -0.2) is 29.1 Å². The van der Waals surface area contributed by atoms with Gasteiger partial charge in [-0.2, -0.15) is 0 Å². The van der Waals surface area contributed by atoms with Crippen LogP contribution in [0.1, 0.15) is 45.2 Å². The molecule has 2 atom stereocenters. The van der Waals surface area contributed by atoms with E-state index in [0.717, 1.165) is 5.70 Å². The van der Waals surface area contributed by atoms with Gasteiger partial charge in [0.15, 0.2) is 5.78 Å². The number of esters is 1. The Bertz CT molecular complexity index is 806. The van der Waals surface area contributed by atoms with Crippen LogP contribution in [0.3, 0.4) is 0 Å². The Hall–Kier alpha value is -2.56. The topological polar surface area (TPSA) is 68.6 Å². The van der Waals surface area contributed by atoms with Gasteiger partial charge in [-0.25, -0.2) is 0 Å². The molecule has 1 aliphatic heterocycles. The van der Waals surface area contributed by atoms with Crippen LogP contribution in [0.2, 0.25) is 0 Å². The van der Waals surface area contributed by atoms with Crippen molar-refractivity contribution in [2.24, 2.45) is 16.3 Å². The third-order valence-corrected chi connectivity index (χ3v) is 4.91. The molecule has 3 rings (SSSR count). The van der Waals surface area contributed by atoms with Gasteiger partial charge in [-0.05, 0) is 30.9 Å². The first-order valence-corrected chi connectivity index (χ1v) is 8.84. The Morgan fingerprint density at radius 1 is 1.38 bits per heavy atom. The van der Waals surface area contributed by atoms with Crippen LogP contribution in [0.5, 0.6) is 0 Å². The van der Waals surface area contributed by atoms with Crippen molar-refractivity contribution in [3.05, 3.63) is 54.0 Å². The van der Waals surface area contributed by atoms with Crippen LogP contribution in [0.15, 0.2) is 53.3 Å². The molecule has 0 fully saturated rings. The Morgan fingerprint density at radius 3 is 2.81 bits per heavy atom. The molecule has 1 aliphatic carbocycles. The maximum Gasteiger partial charge on any atom is 0.316 e. The van der Waals surface area contributed by atoms with E-state index in [1.54, 1.807) is 6.20 Å². The van der Waals surface area contributed by atoms with Crippen molar-refractivity contribution in [1.82, 2.24) is 4.98 Å². The van der Waals surface area contributed by atoms with Crippen LogP contribution in [-0.2, 0) is 14.3 Å². The van der Waals surface area contributed by atoms with Crippen molar-refractivity contribution in [2.45, 2.75) is 39.5 Å². The predicted octanol–water partition coefficient (Wildman–Crippen LogP) is 3.63. The van der Waals surface area contributed by atoms with E-state index >= 15 is 0 Å². The minimum Gasteiger partial charge on any atom is -0.461 e. The van der Waals surface area contributed by atoms with Crippen molar-refractivity contribution in [3.8, 4) is 0 Å². The molecule has 0 bridgehead atoms. The molecule has 0 spiro atoms. The molecule has 0 saturated carbocycles. The molecule has 5 nitrogen and oxygen atoms in total. The van der Waals surface area contributed by atoms with Crippen LogP contribution < -0.4 is 0 Å². The summed E-state index contributed by atoms with van der Waals surface area (Å²) in [5, 5.41) is 0. The molecule has 0 N–H and O–H groups in total. The highest BCUT2D eigenvalue weighted by atomic mass is 16.5. The van der Waals surface area contributed by atoms with E-state index < -0.39 is 17.8 Å². The summed E-state index contributed by atoms with van der Waals surface area (Å²) < 4.78 is 5.31. The van der Waals surface area contributed by atoms with E-state index in [4.69, 9.17) is 4.74 Å². The van der Waals surface area contributed by atoms with E-state index in [-0.39, 0.29) is 17.8 Å². The van der Waals surface area contributed by atoms with Gasteiger partial charge in [-0.1, -0.05) is 32.6 Å². The fourth-order valence-electron chi connectivity index (χ4n) is 3.86. The molecule has 0 saturated heterocycles. The molecule has 1 aromatic heterocycles. The van der Waals surface area contributed by atoms with Gasteiger partial charge >= 0.3 is 5.97 Å². The highest BCUT2D eigenvalue weighted by Gasteiger charge is 2.46. The number of allylic oxidation sites excluding steroid dienone is 2. The van der Waals surface area contributed by atoms with Crippen molar-refractivity contribution >= 4 is 17.5 Å². The van der Waals surface area contributed by atoms with Crippen molar-refractivity contribution in [3.63, 3.8) is 0 Å². The van der Waals surface area contributed by atoms with Crippen LogP contribution in [0.25, 0.3) is 0 Å². The molecule has 26 heavy (non-hydrogen) atoms. The van der Waals surface area contributed by atoms with Gasteiger partial charge in [0.1, 0.15) is 12.5 Å². The monoisotopic (exact) mass is 352 g/mol. The Labute approximate surface area is 153 Å². The van der Waals surface area contributed by atoms with Crippen molar-refractivity contribution in [1.29, 1.82) is 0 Å². The van der Waals surface area contributed by atoms with Gasteiger partial charge in [0.25, 0.3) is 0 Å². The largest absolute Gasteiger partial charge is 0.461 e. The first-order valence-electron chi connectivity index (χ1n) is 8.84. The van der Waals surface area contributed by atoms with Crippen LogP contribution in [0, 0.1) is 11.3 Å². The summed E-state index contributed by atoms with van der Waals surface area (Å²) in [5.41, 5.74) is 2.63. The molecule has 0 aromatic carbocycles. The summed E-state index contributed by atoms with van der Waals surface area (Å²) >= 11 is 0. The van der Waals surface area contributed by atoms with Crippen LogP contribution in [0.4, 0.5) is 0 Å². The average molecular weight is 352 g/mol. The molecule has 2 aliphatic rings. The molecule has 136 valence electrons. The third kappa shape index (κ3) is 3.39. The Balaban J connectivity index is 2.12. The number of hydrogen-bond donors (Lipinski definition) is 0. The van der Waals surface area contributed by atoms with E-state index in [1.165, 1.54) is 6.08 Å². The van der Waals surface area contributed by atoms with Gasteiger partial charge in [-0.15, -0.1) is 0 Å². The number of Topliss-reactive ketones (excluding diaryl/α,β-unsaturated/α-hetero) is 1. The summed E-state index contributed by atoms with van der Waals surface area (Å²) in [4.78, 5) is 34.8. The Morgan fingerprint density at radius 2 is 2.15 bits per heavy atom. The number of aromatic nitrogens is 1. The first-order chi connectivity index (χ1) is 12.3. The summed E-state index contributed by atoms with van der Waals surface area (Å²) in [6.45, 7) is 9.68. The zero-order valence-corrected chi connectivity index (χ0v) is 15.5. The zero-order chi connectivity index (χ0) is 18.9. The number of rotatable bonds is 4. The SMILES string of the molecule is C=CCOC(=O)C1C(C)=NC2=C(C(=O)CC(C)(C)C2)[C@H]1c1ccccn1. The minimum atomic E-state index is -0.645. The maximum absolute atomic E-state index is 13.0. The summed E-state index contributed by atoms with van der Waals surface area (Å²) in [6, 6.07) is 5.54. The lowest BCUT2D eigenvalue weighted by Gasteiger charge is -2.38. The highest BCUT2D eigenvalue weighted by molar-refractivity contribution is 6.08. The fourth-order valence-corrected chi connectivity index (χ4v) is 3.86. The lowest BCUT2D eigenvalue weighted by Crippen LogP contribution is -2.39.